The molecule has 3 aliphatic carbocycles. The number of carbonyl (C=O) groups is 6. The Morgan fingerprint density at radius 3 is 1.95 bits per heavy atom. The van der Waals surface area contributed by atoms with E-state index in [1.165, 1.54) is 26.0 Å². The maximum atomic E-state index is 15.5. The molecule has 3 fully saturated rings. The maximum Gasteiger partial charge on any atom is 0.338 e. The van der Waals surface area contributed by atoms with Crippen molar-refractivity contribution < 1.29 is 67.8 Å². The molecule has 62 heavy (non-hydrogen) atoms. The number of rotatable bonds is 10. The van der Waals surface area contributed by atoms with Gasteiger partial charge >= 0.3 is 23.9 Å². The standard InChI is InChI=1S/C47H51NO14/c1-25-31(60-43(56)36(52)35(28-16-10-7-11-17-28)48-41(54)29-18-12-8-13-19-29)23-47(57)40(61-42(55)30-20-14-9-15-21-30)38-45(6,32(51)22-33-46(38,24-58-33)62-27(3)50)39(53)37(59-26(2)49)34(25)44(47,4)5/h7-21,31-33,35-38,40,51-52,57H,22-24H2,1-6H3,(H,48,54)/t31-,32-,33+,35+,36+,37+,38?,40?,45+,46-,47+/m0/s1. The van der Waals surface area contributed by atoms with Gasteiger partial charge in [0.25, 0.3) is 5.91 Å². The third-order valence-corrected chi connectivity index (χ3v) is 13.5. The lowest BCUT2D eigenvalue weighted by Gasteiger charge is -2.67. The second kappa shape index (κ2) is 16.5. The van der Waals surface area contributed by atoms with Gasteiger partial charge in [-0.25, -0.2) is 9.59 Å². The zero-order valence-electron chi connectivity index (χ0n) is 35.2. The molecule has 0 radical (unpaired) electrons. The number of ether oxygens (including phenoxy) is 5. The molecule has 15 heteroatoms. The quantitative estimate of drug-likeness (QED) is 0.130. The number of fused-ring (bicyclic) bond motifs is 5. The minimum absolute atomic E-state index is 0.00289. The average molecular weight is 854 g/mol. The van der Waals surface area contributed by atoms with Crippen LogP contribution in [0.4, 0.5) is 0 Å². The molecular formula is C47H51NO14. The van der Waals surface area contributed by atoms with Crippen molar-refractivity contribution in [3.8, 4) is 0 Å². The Labute approximate surface area is 358 Å². The largest absolute Gasteiger partial charge is 0.456 e. The molecule has 2 unspecified atom stereocenters. The molecule has 328 valence electrons. The average Bonchev–Trinajstić information content (AvgIpc) is 3.24. The van der Waals surface area contributed by atoms with Crippen molar-refractivity contribution in [2.45, 2.75) is 108 Å². The van der Waals surface area contributed by atoms with Crippen molar-refractivity contribution in [2.75, 3.05) is 6.61 Å². The summed E-state index contributed by atoms with van der Waals surface area (Å²) in [7, 11) is 0. The van der Waals surface area contributed by atoms with E-state index in [4.69, 9.17) is 23.7 Å². The topological polar surface area (TPSA) is 221 Å². The lowest BCUT2D eigenvalue weighted by atomic mass is 9.44. The van der Waals surface area contributed by atoms with E-state index >= 15 is 4.79 Å². The highest BCUT2D eigenvalue weighted by Crippen LogP contribution is 2.64. The molecule has 2 bridgehead atoms. The summed E-state index contributed by atoms with van der Waals surface area (Å²) in [5.41, 5.74) is -7.02. The fourth-order valence-corrected chi connectivity index (χ4v) is 10.2. The summed E-state index contributed by atoms with van der Waals surface area (Å²) >= 11 is 0. The lowest BCUT2D eigenvalue weighted by Crippen LogP contribution is -2.82. The molecule has 0 aromatic heterocycles. The van der Waals surface area contributed by atoms with Gasteiger partial charge in [-0.1, -0.05) is 80.6 Å². The van der Waals surface area contributed by atoms with Crippen LogP contribution in [0.5, 0.6) is 0 Å². The van der Waals surface area contributed by atoms with Crippen molar-refractivity contribution >= 4 is 35.6 Å². The molecule has 11 atom stereocenters. The number of hydrogen-bond donors (Lipinski definition) is 4. The molecule has 2 saturated carbocycles. The van der Waals surface area contributed by atoms with E-state index in [1.54, 1.807) is 92.7 Å². The van der Waals surface area contributed by atoms with Crippen LogP contribution in [-0.2, 0) is 42.9 Å². The minimum atomic E-state index is -2.39. The number of aliphatic hydroxyl groups is 3. The number of nitrogens with one attached hydrogen (secondary N) is 1. The van der Waals surface area contributed by atoms with Crippen LogP contribution in [0.2, 0.25) is 0 Å². The summed E-state index contributed by atoms with van der Waals surface area (Å²) in [6.45, 7) is 7.97. The Morgan fingerprint density at radius 2 is 1.40 bits per heavy atom. The number of carbonyl (C=O) groups excluding carboxylic acids is 6. The SMILES string of the molecule is CC(=O)O[C@H]1C(=O)[C@@]2(C)C(C(OC(=O)c3ccccc3)[C@]3(O)C[C@H](OC(=O)[C@H](O)[C@H](NC(=O)c4ccccc4)c4ccccc4)C(C)=C1C3(C)C)[C@]1(OC(C)=O)CO[C@@H]1C[C@@H]2O. The number of amides is 1. The Morgan fingerprint density at radius 1 is 0.823 bits per heavy atom. The van der Waals surface area contributed by atoms with E-state index in [0.717, 1.165) is 13.8 Å². The summed E-state index contributed by atoms with van der Waals surface area (Å²) < 4.78 is 30.3. The van der Waals surface area contributed by atoms with E-state index in [-0.39, 0.29) is 35.3 Å². The molecule has 1 aliphatic heterocycles. The van der Waals surface area contributed by atoms with Gasteiger partial charge in [0.15, 0.2) is 23.6 Å². The van der Waals surface area contributed by atoms with Crippen LogP contribution in [0.1, 0.15) is 86.7 Å². The zero-order chi connectivity index (χ0) is 44.9. The monoisotopic (exact) mass is 853 g/mol. The molecule has 4 aliphatic rings. The Hall–Kier alpha value is -5.74. The van der Waals surface area contributed by atoms with Gasteiger partial charge in [0.05, 0.1) is 35.6 Å². The van der Waals surface area contributed by atoms with E-state index in [0.29, 0.717) is 5.56 Å². The van der Waals surface area contributed by atoms with Crippen molar-refractivity contribution in [1.82, 2.24) is 5.32 Å². The maximum absolute atomic E-state index is 15.5. The molecule has 15 nitrogen and oxygen atoms in total. The van der Waals surface area contributed by atoms with Crippen LogP contribution < -0.4 is 5.32 Å². The first kappa shape index (κ1) is 44.3. The number of aliphatic hydroxyl groups excluding tert-OH is 2. The number of ketones is 1. The molecule has 3 aromatic rings. The number of Topliss-reactive ketones (excluding diaryl/α,β-unsaturated/α-hetero) is 1. The van der Waals surface area contributed by atoms with E-state index in [9.17, 15) is 39.3 Å². The first-order chi connectivity index (χ1) is 29.3. The fraction of sp³-hybridized carbons (Fsp3) is 0.447. The highest BCUT2D eigenvalue weighted by Gasteiger charge is 2.78. The van der Waals surface area contributed by atoms with E-state index < -0.39 is 113 Å². The Kier molecular flexibility index (Phi) is 11.8. The van der Waals surface area contributed by atoms with E-state index in [2.05, 4.69) is 5.32 Å². The second-order valence-corrected chi connectivity index (χ2v) is 17.4. The van der Waals surface area contributed by atoms with Gasteiger partial charge in [-0.15, -0.1) is 0 Å². The molecule has 4 N–H and O–H groups in total. The third kappa shape index (κ3) is 7.29. The fourth-order valence-electron chi connectivity index (χ4n) is 10.2. The lowest BCUT2D eigenvalue weighted by molar-refractivity contribution is -0.346. The first-order valence-corrected chi connectivity index (χ1v) is 20.5. The predicted molar refractivity (Wildman–Crippen MR) is 218 cm³/mol. The molecular weight excluding hydrogens is 803 g/mol. The van der Waals surface area contributed by atoms with Gasteiger partial charge in [-0.05, 0) is 54.8 Å². The predicted octanol–water partition coefficient (Wildman–Crippen LogP) is 3.74. The van der Waals surface area contributed by atoms with Crippen molar-refractivity contribution in [3.05, 3.63) is 119 Å². The normalized spacial score (nSPS) is 31.9. The van der Waals surface area contributed by atoms with Gasteiger partial charge in [0.2, 0.25) is 0 Å². The molecule has 1 heterocycles. The molecule has 0 spiro atoms. The van der Waals surface area contributed by atoms with Crippen molar-refractivity contribution in [3.63, 3.8) is 0 Å². The second-order valence-electron chi connectivity index (χ2n) is 17.4. The van der Waals surface area contributed by atoms with Gasteiger partial charge in [0, 0.05) is 37.7 Å². The smallest absolute Gasteiger partial charge is 0.338 e. The van der Waals surface area contributed by atoms with E-state index in [1.807, 2.05) is 0 Å². The third-order valence-electron chi connectivity index (χ3n) is 13.5. The molecule has 1 amide bonds. The van der Waals surface area contributed by atoms with Gasteiger partial charge in [-0.3, -0.25) is 19.2 Å². The van der Waals surface area contributed by atoms with Crippen LogP contribution in [0.25, 0.3) is 0 Å². The summed E-state index contributed by atoms with van der Waals surface area (Å²) in [5, 5.41) is 40.2. The first-order valence-electron chi connectivity index (χ1n) is 20.5. The summed E-state index contributed by atoms with van der Waals surface area (Å²) in [5.74, 6) is -6.84. The number of benzene rings is 3. The Balaban J connectivity index is 1.39. The Bertz CT molecular complexity index is 2280. The molecule has 3 aromatic carbocycles. The van der Waals surface area contributed by atoms with Crippen molar-refractivity contribution in [2.24, 2.45) is 16.7 Å². The van der Waals surface area contributed by atoms with Gasteiger partial charge in [0.1, 0.15) is 23.9 Å². The van der Waals surface area contributed by atoms with Gasteiger partial charge in [-0.2, -0.15) is 0 Å². The number of esters is 4. The zero-order valence-corrected chi connectivity index (χ0v) is 35.2. The molecule has 1 saturated heterocycles. The van der Waals surface area contributed by atoms with Gasteiger partial charge < -0.3 is 44.3 Å². The molecule has 7 rings (SSSR count). The summed E-state index contributed by atoms with van der Waals surface area (Å²) in [6.07, 6.45) is -10.5. The van der Waals surface area contributed by atoms with Crippen LogP contribution in [0, 0.1) is 16.7 Å². The minimum Gasteiger partial charge on any atom is -0.456 e. The highest BCUT2D eigenvalue weighted by molar-refractivity contribution is 5.96. The van der Waals surface area contributed by atoms with Crippen LogP contribution in [-0.4, -0.2) is 105 Å². The summed E-state index contributed by atoms with van der Waals surface area (Å²) in [4.78, 5) is 83.5. The summed E-state index contributed by atoms with van der Waals surface area (Å²) in [6, 6.07) is 22.9. The van der Waals surface area contributed by atoms with Crippen LogP contribution in [0.15, 0.2) is 102 Å². The van der Waals surface area contributed by atoms with Crippen LogP contribution >= 0.6 is 0 Å². The van der Waals surface area contributed by atoms with Crippen LogP contribution in [0.3, 0.4) is 0 Å². The highest BCUT2D eigenvalue weighted by atomic mass is 16.6. The van der Waals surface area contributed by atoms with Crippen molar-refractivity contribution in [1.29, 1.82) is 0 Å². The number of hydrogen-bond acceptors (Lipinski definition) is 14.